The van der Waals surface area contributed by atoms with Crippen LogP contribution in [0.1, 0.15) is 6.92 Å². The molecule has 0 saturated carbocycles. The summed E-state index contributed by atoms with van der Waals surface area (Å²) in [5.41, 5.74) is 0.0926. The van der Waals surface area contributed by atoms with Crippen LogP contribution in [0.5, 0.6) is 0 Å². The van der Waals surface area contributed by atoms with E-state index in [4.69, 9.17) is 5.41 Å². The fourth-order valence-corrected chi connectivity index (χ4v) is 0.236. The van der Waals surface area contributed by atoms with Gasteiger partial charge in [0.25, 0.3) is 0 Å². The van der Waals surface area contributed by atoms with Gasteiger partial charge in [0.1, 0.15) is 18.5 Å². The lowest BCUT2D eigenvalue weighted by Gasteiger charge is -1.93. The fraction of sp³-hybridized carbons (Fsp3) is 0.400. The summed E-state index contributed by atoms with van der Waals surface area (Å²) in [6.45, 7) is 1.42. The molecule has 44 valence electrons. The van der Waals surface area contributed by atoms with Crippen LogP contribution in [-0.2, 0) is 9.59 Å². The Kier molecular flexibility index (Phi) is 2.69. The van der Waals surface area contributed by atoms with Gasteiger partial charge in [-0.15, -0.1) is 0 Å². The Morgan fingerprint density at radius 1 is 1.50 bits per heavy atom. The number of rotatable bonds is 3. The highest BCUT2D eigenvalue weighted by atomic mass is 16.1. The zero-order valence-corrected chi connectivity index (χ0v) is 4.55. The lowest BCUT2D eigenvalue weighted by molar-refractivity contribution is -0.116. The molecule has 0 fully saturated rings. The van der Waals surface area contributed by atoms with Gasteiger partial charge in [-0.1, -0.05) is 0 Å². The average molecular weight is 113 g/mol. The molecule has 8 heavy (non-hydrogen) atoms. The highest BCUT2D eigenvalue weighted by Crippen LogP contribution is 1.86. The molecule has 0 atom stereocenters. The summed E-state index contributed by atoms with van der Waals surface area (Å²) >= 11 is 0. The largest absolute Gasteiger partial charge is 0.309 e. The van der Waals surface area contributed by atoms with E-state index in [0.29, 0.717) is 12.6 Å². The Morgan fingerprint density at radius 3 is 1.88 bits per heavy atom. The van der Waals surface area contributed by atoms with E-state index >= 15 is 0 Å². The highest BCUT2D eigenvalue weighted by molar-refractivity contribution is 6.06. The van der Waals surface area contributed by atoms with E-state index in [9.17, 15) is 9.59 Å². The van der Waals surface area contributed by atoms with Gasteiger partial charge in [-0.25, -0.2) is 0 Å². The van der Waals surface area contributed by atoms with Crippen molar-refractivity contribution in [1.29, 1.82) is 5.41 Å². The molecule has 3 nitrogen and oxygen atoms in total. The third kappa shape index (κ3) is 1.64. The van der Waals surface area contributed by atoms with Gasteiger partial charge in [0.2, 0.25) is 0 Å². The van der Waals surface area contributed by atoms with Crippen molar-refractivity contribution in [1.82, 2.24) is 0 Å². The van der Waals surface area contributed by atoms with E-state index in [2.05, 4.69) is 0 Å². The molecular formula is C5H7NO2. The van der Waals surface area contributed by atoms with Crippen molar-refractivity contribution in [2.75, 3.05) is 0 Å². The molecule has 0 aliphatic carbocycles. The number of nitrogens with one attached hydrogen (secondary N) is 1. The summed E-state index contributed by atoms with van der Waals surface area (Å²) < 4.78 is 0. The number of aldehydes is 2. The third-order valence-electron chi connectivity index (χ3n) is 0.793. The molecular weight excluding hydrogens is 106 g/mol. The van der Waals surface area contributed by atoms with Crippen molar-refractivity contribution in [2.24, 2.45) is 5.92 Å². The van der Waals surface area contributed by atoms with E-state index in [-0.39, 0.29) is 5.71 Å². The second kappa shape index (κ2) is 3.07. The van der Waals surface area contributed by atoms with E-state index in [1.54, 1.807) is 0 Å². The molecule has 0 aromatic heterocycles. The molecule has 1 N–H and O–H groups in total. The van der Waals surface area contributed by atoms with Gasteiger partial charge < -0.3 is 15.0 Å². The quantitative estimate of drug-likeness (QED) is 0.319. The molecule has 0 heterocycles. The normalized spacial score (nSPS) is 8.75. The maximum atomic E-state index is 9.81. The van der Waals surface area contributed by atoms with Crippen molar-refractivity contribution in [3.05, 3.63) is 0 Å². The Bertz CT molecular complexity index is 112. The molecule has 0 spiro atoms. The van der Waals surface area contributed by atoms with Crippen LogP contribution in [0.4, 0.5) is 0 Å². The molecule has 0 aromatic rings. The second-order valence-corrected chi connectivity index (χ2v) is 1.48. The van der Waals surface area contributed by atoms with Crippen LogP contribution < -0.4 is 0 Å². The number of carbonyl (C=O) groups excluding carboxylic acids is 2. The third-order valence-corrected chi connectivity index (χ3v) is 0.793. The van der Waals surface area contributed by atoms with Crippen molar-refractivity contribution in [3.63, 3.8) is 0 Å². The van der Waals surface area contributed by atoms with Crippen LogP contribution in [-0.4, -0.2) is 18.3 Å². The van der Waals surface area contributed by atoms with Crippen LogP contribution in [0.15, 0.2) is 0 Å². The molecule has 0 saturated heterocycles. The van der Waals surface area contributed by atoms with Crippen molar-refractivity contribution in [3.8, 4) is 0 Å². The molecule has 0 aromatic carbocycles. The molecule has 0 radical (unpaired) electrons. The Balaban J connectivity index is 3.88. The minimum Gasteiger partial charge on any atom is -0.309 e. The predicted octanol–water partition coefficient (Wildman–Crippen LogP) is 0.0401. The summed E-state index contributed by atoms with van der Waals surface area (Å²) in [5, 5.41) is 6.79. The van der Waals surface area contributed by atoms with Gasteiger partial charge in [0.05, 0.1) is 0 Å². The zero-order valence-electron chi connectivity index (χ0n) is 4.55. The van der Waals surface area contributed by atoms with E-state index in [0.717, 1.165) is 0 Å². The van der Waals surface area contributed by atoms with E-state index in [1.807, 2.05) is 0 Å². The van der Waals surface area contributed by atoms with Gasteiger partial charge >= 0.3 is 0 Å². The van der Waals surface area contributed by atoms with Crippen LogP contribution in [0, 0.1) is 11.3 Å². The van der Waals surface area contributed by atoms with Crippen molar-refractivity contribution < 1.29 is 9.59 Å². The van der Waals surface area contributed by atoms with Gasteiger partial charge in [-0.3, -0.25) is 0 Å². The molecule has 0 aliphatic rings. The van der Waals surface area contributed by atoms with Gasteiger partial charge in [0.15, 0.2) is 0 Å². The van der Waals surface area contributed by atoms with Crippen molar-refractivity contribution >= 4 is 18.3 Å². The van der Waals surface area contributed by atoms with Crippen LogP contribution >= 0.6 is 0 Å². The topological polar surface area (TPSA) is 58.0 Å². The second-order valence-electron chi connectivity index (χ2n) is 1.48. The van der Waals surface area contributed by atoms with Crippen LogP contribution in [0.3, 0.4) is 0 Å². The first-order valence-electron chi connectivity index (χ1n) is 2.18. The fourth-order valence-electron chi connectivity index (χ4n) is 0.236. The summed E-state index contributed by atoms with van der Waals surface area (Å²) in [6.07, 6.45) is 0.907. The summed E-state index contributed by atoms with van der Waals surface area (Å²) in [7, 11) is 0. The summed E-state index contributed by atoms with van der Waals surface area (Å²) in [6, 6.07) is 0. The molecule has 0 bridgehead atoms. The minimum absolute atomic E-state index is 0.0926. The summed E-state index contributed by atoms with van der Waals surface area (Å²) in [4.78, 5) is 19.6. The number of hydrogen-bond acceptors (Lipinski definition) is 3. The maximum Gasteiger partial charge on any atom is 0.135 e. The zero-order chi connectivity index (χ0) is 6.57. The molecule has 0 aliphatic heterocycles. The van der Waals surface area contributed by atoms with E-state index < -0.39 is 5.92 Å². The Labute approximate surface area is 47.2 Å². The standard InChI is InChI=1S/C5H7NO2/c1-4(6)5(2-7)3-8/h2-3,5-6H,1H3. The average Bonchev–Trinajstić information content (AvgIpc) is 1.69. The van der Waals surface area contributed by atoms with Gasteiger partial charge in [0, 0.05) is 5.71 Å². The smallest absolute Gasteiger partial charge is 0.135 e. The molecule has 0 amide bonds. The predicted molar refractivity (Wildman–Crippen MR) is 29.0 cm³/mol. The lowest BCUT2D eigenvalue weighted by atomic mass is 10.1. The first-order chi connectivity index (χ1) is 3.72. The molecule has 3 heteroatoms. The Morgan fingerprint density at radius 2 is 1.88 bits per heavy atom. The monoisotopic (exact) mass is 113 g/mol. The Hall–Kier alpha value is -0.990. The number of hydrogen-bond donors (Lipinski definition) is 1. The first kappa shape index (κ1) is 7.01. The SMILES string of the molecule is CC(=N)C(C=O)C=O. The lowest BCUT2D eigenvalue weighted by Crippen LogP contribution is -2.12. The van der Waals surface area contributed by atoms with Gasteiger partial charge in [-0.2, -0.15) is 0 Å². The summed E-state index contributed by atoms with van der Waals surface area (Å²) in [5.74, 6) is -0.824. The maximum absolute atomic E-state index is 9.81. The van der Waals surface area contributed by atoms with Gasteiger partial charge in [-0.05, 0) is 6.92 Å². The molecule has 0 rings (SSSR count). The van der Waals surface area contributed by atoms with Crippen LogP contribution in [0.25, 0.3) is 0 Å². The first-order valence-corrected chi connectivity index (χ1v) is 2.18. The highest BCUT2D eigenvalue weighted by Gasteiger charge is 2.05. The van der Waals surface area contributed by atoms with E-state index in [1.165, 1.54) is 6.92 Å². The molecule has 0 unspecified atom stereocenters. The number of carbonyl (C=O) groups is 2. The van der Waals surface area contributed by atoms with Crippen molar-refractivity contribution in [2.45, 2.75) is 6.92 Å². The minimum atomic E-state index is -0.824. The van der Waals surface area contributed by atoms with Crippen LogP contribution in [0.2, 0.25) is 0 Å².